The third-order valence-electron chi connectivity index (χ3n) is 3.78. The molecule has 0 amide bonds. The molecule has 2 aromatic heterocycles. The Bertz CT molecular complexity index is 1040. The van der Waals surface area contributed by atoms with Crippen LogP contribution in [-0.4, -0.2) is 18.4 Å². The number of aromatic nitrogens is 2. The molecule has 4 nitrogen and oxygen atoms in total. The second kappa shape index (κ2) is 5.14. The van der Waals surface area contributed by atoms with E-state index in [0.717, 1.165) is 10.8 Å². The smallest absolute Gasteiger partial charge is 0.242 e. The Morgan fingerprint density at radius 2 is 1.04 bits per heavy atom. The van der Waals surface area contributed by atoms with Crippen LogP contribution in [0.4, 0.5) is 0 Å². The van der Waals surface area contributed by atoms with Crippen molar-refractivity contribution in [2.75, 3.05) is 0 Å². The summed E-state index contributed by atoms with van der Waals surface area (Å²) in [6, 6.07) is 18.2. The summed E-state index contributed by atoms with van der Waals surface area (Å²) in [5, 5.41) is 2.95. The first-order valence-electron chi connectivity index (χ1n) is 7.10. The Morgan fingerprint density at radius 1 is 0.609 bits per heavy atom. The lowest BCUT2D eigenvalue weighted by Crippen LogP contribution is -2.08. The van der Waals surface area contributed by atoms with Crippen molar-refractivity contribution in [3.8, 4) is 0 Å². The predicted octanol–water partition coefficient (Wildman–Crippen LogP) is 3.62. The van der Waals surface area contributed by atoms with Crippen molar-refractivity contribution in [1.29, 1.82) is 0 Å². The molecule has 0 N–H and O–H groups in total. The summed E-state index contributed by atoms with van der Waals surface area (Å²) in [6.45, 7) is 0. The van der Waals surface area contributed by atoms with Crippen molar-refractivity contribution in [2.45, 2.75) is 10.1 Å². The number of nitrogens with zero attached hydrogens (tertiary/aromatic N) is 2. The van der Waals surface area contributed by atoms with Gasteiger partial charge in [-0.15, -0.1) is 0 Å². The van der Waals surface area contributed by atoms with Crippen molar-refractivity contribution in [1.82, 2.24) is 9.97 Å². The van der Waals surface area contributed by atoms with E-state index >= 15 is 0 Å². The molecule has 0 unspecified atom stereocenters. The van der Waals surface area contributed by atoms with E-state index in [9.17, 15) is 8.42 Å². The molecule has 2 heterocycles. The highest BCUT2D eigenvalue weighted by molar-refractivity contribution is 7.91. The molecule has 0 aliphatic rings. The van der Waals surface area contributed by atoms with Gasteiger partial charge in [0.05, 0.1) is 0 Å². The highest BCUT2D eigenvalue weighted by Crippen LogP contribution is 2.29. The van der Waals surface area contributed by atoms with Crippen LogP contribution in [0, 0.1) is 0 Å². The Hall–Kier alpha value is -2.79. The van der Waals surface area contributed by atoms with E-state index in [0.29, 0.717) is 10.8 Å². The van der Waals surface area contributed by atoms with Gasteiger partial charge in [0, 0.05) is 23.2 Å². The summed E-state index contributed by atoms with van der Waals surface area (Å²) in [5.74, 6) is 0. The van der Waals surface area contributed by atoms with Crippen LogP contribution < -0.4 is 0 Å². The van der Waals surface area contributed by atoms with Gasteiger partial charge in [0.15, 0.2) is 10.1 Å². The molecule has 5 heteroatoms. The number of hydrogen-bond donors (Lipinski definition) is 0. The number of pyridine rings is 2. The maximum atomic E-state index is 13.1. The van der Waals surface area contributed by atoms with Crippen LogP contribution in [-0.2, 0) is 9.84 Å². The lowest BCUT2D eigenvalue weighted by atomic mass is 10.2. The first kappa shape index (κ1) is 13.8. The van der Waals surface area contributed by atoms with E-state index in [1.165, 1.54) is 12.4 Å². The molecular weight excluding hydrogens is 308 g/mol. The molecule has 23 heavy (non-hydrogen) atoms. The zero-order valence-corrected chi connectivity index (χ0v) is 12.9. The molecule has 0 radical (unpaired) electrons. The van der Waals surface area contributed by atoms with Crippen LogP contribution >= 0.6 is 0 Å². The normalized spacial score (nSPS) is 11.8. The third-order valence-corrected chi connectivity index (χ3v) is 5.45. The zero-order chi connectivity index (χ0) is 15.9. The fraction of sp³-hybridized carbons (Fsp3) is 0. The topological polar surface area (TPSA) is 59.9 Å². The van der Waals surface area contributed by atoms with Crippen LogP contribution in [0.1, 0.15) is 0 Å². The molecule has 4 rings (SSSR count). The quantitative estimate of drug-likeness (QED) is 0.566. The van der Waals surface area contributed by atoms with Crippen LogP contribution in [0.3, 0.4) is 0 Å². The summed E-state index contributed by atoms with van der Waals surface area (Å²) >= 11 is 0. The Labute approximate surface area is 133 Å². The summed E-state index contributed by atoms with van der Waals surface area (Å²) in [5.41, 5.74) is 0. The highest BCUT2D eigenvalue weighted by Gasteiger charge is 2.25. The summed E-state index contributed by atoms with van der Waals surface area (Å²) < 4.78 is 26.3. The van der Waals surface area contributed by atoms with Gasteiger partial charge in [0.1, 0.15) is 0 Å². The zero-order valence-electron chi connectivity index (χ0n) is 12.0. The lowest BCUT2D eigenvalue weighted by Gasteiger charge is -2.09. The van der Waals surface area contributed by atoms with Gasteiger partial charge in [0.25, 0.3) is 0 Å². The van der Waals surface area contributed by atoms with Crippen molar-refractivity contribution in [2.24, 2.45) is 0 Å². The van der Waals surface area contributed by atoms with Crippen molar-refractivity contribution in [3.63, 3.8) is 0 Å². The summed E-state index contributed by atoms with van der Waals surface area (Å²) in [7, 11) is -3.81. The standard InChI is InChI=1S/C18H12N2O2S/c21-23(22,17-15-7-3-1-5-13(15)9-11-19-17)18-16-8-4-2-6-14(16)10-12-20-18/h1-12H. The van der Waals surface area contributed by atoms with Crippen LogP contribution in [0.5, 0.6) is 0 Å². The second-order valence-corrected chi connectivity index (χ2v) is 6.96. The Morgan fingerprint density at radius 3 is 1.52 bits per heavy atom. The van der Waals surface area contributed by atoms with Gasteiger partial charge in [-0.25, -0.2) is 18.4 Å². The predicted molar refractivity (Wildman–Crippen MR) is 88.9 cm³/mol. The van der Waals surface area contributed by atoms with E-state index < -0.39 is 9.84 Å². The largest absolute Gasteiger partial charge is 0.244 e. The Kier molecular flexibility index (Phi) is 3.09. The second-order valence-electron chi connectivity index (χ2n) is 5.18. The Balaban J connectivity index is 2.07. The lowest BCUT2D eigenvalue weighted by molar-refractivity contribution is 0.591. The fourth-order valence-corrected chi connectivity index (χ4v) is 4.24. The van der Waals surface area contributed by atoms with Gasteiger partial charge < -0.3 is 0 Å². The molecule has 4 aromatic rings. The van der Waals surface area contributed by atoms with Crippen molar-refractivity contribution in [3.05, 3.63) is 73.1 Å². The van der Waals surface area contributed by atoms with E-state index in [2.05, 4.69) is 9.97 Å². The number of sulfone groups is 1. The van der Waals surface area contributed by atoms with Gasteiger partial charge in [-0.3, -0.25) is 0 Å². The minimum absolute atomic E-state index is 0.0412. The van der Waals surface area contributed by atoms with Gasteiger partial charge in [-0.2, -0.15) is 0 Å². The van der Waals surface area contributed by atoms with E-state index in [4.69, 9.17) is 0 Å². The molecule has 0 fully saturated rings. The molecule has 0 saturated heterocycles. The minimum Gasteiger partial charge on any atom is -0.244 e. The molecule has 0 spiro atoms. The molecule has 0 saturated carbocycles. The van der Waals surface area contributed by atoms with Crippen LogP contribution in [0.25, 0.3) is 21.5 Å². The average Bonchev–Trinajstić information content (AvgIpc) is 2.60. The molecule has 112 valence electrons. The first-order chi connectivity index (χ1) is 11.2. The molecule has 0 aliphatic heterocycles. The maximum Gasteiger partial charge on any atom is 0.242 e. The first-order valence-corrected chi connectivity index (χ1v) is 8.59. The maximum absolute atomic E-state index is 13.1. The van der Waals surface area contributed by atoms with Crippen molar-refractivity contribution >= 4 is 31.4 Å². The SMILES string of the molecule is O=S(=O)(c1nccc2ccccc12)c1nccc2ccccc12. The number of benzene rings is 2. The van der Waals surface area contributed by atoms with Gasteiger partial charge >= 0.3 is 0 Å². The minimum atomic E-state index is -3.81. The van der Waals surface area contributed by atoms with Crippen LogP contribution in [0.2, 0.25) is 0 Å². The summed E-state index contributed by atoms with van der Waals surface area (Å²) in [6.07, 6.45) is 3.03. The summed E-state index contributed by atoms with van der Waals surface area (Å²) in [4.78, 5) is 8.27. The molecular formula is C18H12N2O2S. The number of fused-ring (bicyclic) bond motifs is 2. The molecule has 0 atom stereocenters. The van der Waals surface area contributed by atoms with Gasteiger partial charge in [0.2, 0.25) is 9.84 Å². The molecule has 0 bridgehead atoms. The van der Waals surface area contributed by atoms with Crippen molar-refractivity contribution < 1.29 is 8.42 Å². The number of rotatable bonds is 2. The van der Waals surface area contributed by atoms with Gasteiger partial charge in [-0.1, -0.05) is 48.5 Å². The van der Waals surface area contributed by atoms with E-state index in [-0.39, 0.29) is 10.1 Å². The highest BCUT2D eigenvalue weighted by atomic mass is 32.2. The van der Waals surface area contributed by atoms with E-state index in [1.807, 2.05) is 24.3 Å². The van der Waals surface area contributed by atoms with Crippen LogP contribution in [0.15, 0.2) is 83.1 Å². The monoisotopic (exact) mass is 320 g/mol. The average molecular weight is 320 g/mol. The molecule has 2 aromatic carbocycles. The van der Waals surface area contributed by atoms with Gasteiger partial charge in [-0.05, 0) is 22.9 Å². The third kappa shape index (κ3) is 2.17. The van der Waals surface area contributed by atoms with E-state index in [1.54, 1.807) is 36.4 Å². The fourth-order valence-electron chi connectivity index (χ4n) is 2.70. The number of hydrogen-bond acceptors (Lipinski definition) is 4. The molecule has 0 aliphatic carbocycles.